The zero-order valence-corrected chi connectivity index (χ0v) is 16.0. The molecule has 0 radical (unpaired) electrons. The van der Waals surface area contributed by atoms with Gasteiger partial charge in [0.15, 0.2) is 0 Å². The Labute approximate surface area is 149 Å². The van der Waals surface area contributed by atoms with Gasteiger partial charge in [0, 0.05) is 26.6 Å². The van der Waals surface area contributed by atoms with Crippen LogP contribution in [0, 0.1) is 13.8 Å². The predicted octanol–water partition coefficient (Wildman–Crippen LogP) is 2.28. The number of ether oxygens (including phenoxy) is 1. The van der Waals surface area contributed by atoms with Gasteiger partial charge in [-0.2, -0.15) is 9.40 Å². The molecule has 25 heavy (non-hydrogen) atoms. The van der Waals surface area contributed by atoms with Gasteiger partial charge in [0.1, 0.15) is 4.90 Å². The largest absolute Gasteiger partial charge is 0.372 e. The highest BCUT2D eigenvalue weighted by molar-refractivity contribution is 7.89. The summed E-state index contributed by atoms with van der Waals surface area (Å²) in [7, 11) is -1.98. The summed E-state index contributed by atoms with van der Waals surface area (Å²) in [6.07, 6.45) is 0.582. The lowest BCUT2D eigenvalue weighted by atomic mass is 9.99. The van der Waals surface area contributed by atoms with E-state index in [1.165, 1.54) is 15.4 Å². The van der Waals surface area contributed by atoms with Gasteiger partial charge < -0.3 is 4.74 Å². The molecular formula is C18H25N3O3S. The molecule has 136 valence electrons. The minimum absolute atomic E-state index is 0.142. The lowest BCUT2D eigenvalue weighted by molar-refractivity contribution is 0.0202. The molecule has 1 aliphatic rings. The third-order valence-electron chi connectivity index (χ3n) is 4.78. The fourth-order valence-corrected chi connectivity index (χ4v) is 5.00. The maximum atomic E-state index is 13.0. The number of sulfonamides is 1. The van der Waals surface area contributed by atoms with Gasteiger partial charge in [-0.3, -0.25) is 4.68 Å². The Bertz CT molecular complexity index is 874. The highest BCUT2D eigenvalue weighted by Crippen LogP contribution is 2.25. The van der Waals surface area contributed by atoms with Crippen LogP contribution < -0.4 is 0 Å². The highest BCUT2D eigenvalue weighted by atomic mass is 32.2. The van der Waals surface area contributed by atoms with Crippen molar-refractivity contribution in [2.24, 2.45) is 0 Å². The van der Waals surface area contributed by atoms with Crippen LogP contribution >= 0.6 is 0 Å². The molecule has 0 aliphatic carbocycles. The molecule has 3 rings (SSSR count). The lowest BCUT2D eigenvalue weighted by Crippen LogP contribution is -2.38. The van der Waals surface area contributed by atoms with Crippen LogP contribution in [0.1, 0.15) is 29.4 Å². The summed E-state index contributed by atoms with van der Waals surface area (Å²) in [6, 6.07) is 8.14. The SMILES string of the molecule is CCn1nc(C)c(S(=O)(=O)N(C)C[C@@H]2Cc3ccccc3CO2)c1C. The van der Waals surface area contributed by atoms with Crippen molar-refractivity contribution in [2.75, 3.05) is 13.6 Å². The molecule has 0 fully saturated rings. The molecule has 0 N–H and O–H groups in total. The monoisotopic (exact) mass is 363 g/mol. The summed E-state index contributed by atoms with van der Waals surface area (Å²) in [5.41, 5.74) is 3.64. The van der Waals surface area contributed by atoms with Gasteiger partial charge in [0.05, 0.1) is 24.1 Å². The van der Waals surface area contributed by atoms with Gasteiger partial charge in [-0.1, -0.05) is 24.3 Å². The number of rotatable bonds is 5. The van der Waals surface area contributed by atoms with Gasteiger partial charge >= 0.3 is 0 Å². The van der Waals surface area contributed by atoms with Crippen LogP contribution in [0.3, 0.4) is 0 Å². The van der Waals surface area contributed by atoms with Crippen molar-refractivity contribution in [3.63, 3.8) is 0 Å². The number of nitrogens with zero attached hydrogens (tertiary/aromatic N) is 3. The summed E-state index contributed by atoms with van der Waals surface area (Å²) < 4.78 is 35.1. The Morgan fingerprint density at radius 1 is 1.28 bits per heavy atom. The summed E-state index contributed by atoms with van der Waals surface area (Å²) in [5.74, 6) is 0. The van der Waals surface area contributed by atoms with E-state index in [9.17, 15) is 8.42 Å². The van der Waals surface area contributed by atoms with Crippen molar-refractivity contribution in [1.29, 1.82) is 0 Å². The van der Waals surface area contributed by atoms with Crippen LogP contribution in [0.25, 0.3) is 0 Å². The number of benzene rings is 1. The number of fused-ring (bicyclic) bond motifs is 1. The van der Waals surface area contributed by atoms with Crippen molar-refractivity contribution >= 4 is 10.0 Å². The quantitative estimate of drug-likeness (QED) is 0.817. The van der Waals surface area contributed by atoms with E-state index in [1.54, 1.807) is 25.6 Å². The highest BCUT2D eigenvalue weighted by Gasteiger charge is 2.31. The second-order valence-electron chi connectivity index (χ2n) is 6.51. The summed E-state index contributed by atoms with van der Waals surface area (Å²) in [5, 5.41) is 4.33. The first-order valence-corrected chi connectivity index (χ1v) is 9.97. The van der Waals surface area contributed by atoms with Crippen LogP contribution in [0.5, 0.6) is 0 Å². The second kappa shape index (κ2) is 6.90. The van der Waals surface area contributed by atoms with E-state index in [4.69, 9.17) is 4.74 Å². The summed E-state index contributed by atoms with van der Waals surface area (Å²) in [4.78, 5) is 0.313. The predicted molar refractivity (Wildman–Crippen MR) is 95.9 cm³/mol. The van der Waals surface area contributed by atoms with Crippen molar-refractivity contribution in [2.45, 2.75) is 51.3 Å². The fourth-order valence-electron chi connectivity index (χ4n) is 3.43. The van der Waals surface area contributed by atoms with Crippen molar-refractivity contribution < 1.29 is 13.2 Å². The smallest absolute Gasteiger partial charge is 0.246 e. The minimum atomic E-state index is -3.60. The molecule has 1 atom stereocenters. The Morgan fingerprint density at radius 3 is 2.60 bits per heavy atom. The van der Waals surface area contributed by atoms with E-state index in [2.05, 4.69) is 17.2 Å². The molecule has 6 nitrogen and oxygen atoms in total. The Kier molecular flexibility index (Phi) is 4.99. The first-order valence-electron chi connectivity index (χ1n) is 8.53. The first kappa shape index (κ1) is 18.1. The van der Waals surface area contributed by atoms with E-state index < -0.39 is 10.0 Å². The topological polar surface area (TPSA) is 64.4 Å². The van der Waals surface area contributed by atoms with Crippen molar-refractivity contribution in [3.8, 4) is 0 Å². The standard InChI is InChI=1S/C18H25N3O3S/c1-5-21-14(3)18(13(2)19-21)25(22,23)20(4)11-17-10-15-8-6-7-9-16(15)12-24-17/h6-9,17H,5,10-12H2,1-4H3/t17-/m0/s1. The molecule has 0 saturated carbocycles. The van der Waals surface area contributed by atoms with Crippen LogP contribution in [-0.4, -0.2) is 42.2 Å². The number of hydrogen-bond donors (Lipinski definition) is 0. The maximum Gasteiger partial charge on any atom is 0.246 e. The van der Waals surface area contributed by atoms with Gasteiger partial charge in [-0.15, -0.1) is 0 Å². The molecule has 2 heterocycles. The van der Waals surface area contributed by atoms with Gasteiger partial charge in [0.2, 0.25) is 10.0 Å². The van der Waals surface area contributed by atoms with Crippen molar-refractivity contribution in [1.82, 2.24) is 14.1 Å². The van der Waals surface area contributed by atoms with E-state index in [0.29, 0.717) is 36.0 Å². The zero-order valence-electron chi connectivity index (χ0n) is 15.2. The van der Waals surface area contributed by atoms with Crippen molar-refractivity contribution in [3.05, 3.63) is 46.8 Å². The molecule has 7 heteroatoms. The van der Waals surface area contributed by atoms with Crippen LogP contribution in [0.15, 0.2) is 29.2 Å². The van der Waals surface area contributed by atoms with Crippen LogP contribution in [0.4, 0.5) is 0 Å². The summed E-state index contributed by atoms with van der Waals surface area (Å²) in [6.45, 7) is 7.00. The Morgan fingerprint density at radius 2 is 1.96 bits per heavy atom. The number of aromatic nitrogens is 2. The first-order chi connectivity index (χ1) is 11.8. The second-order valence-corrected chi connectivity index (χ2v) is 8.49. The lowest BCUT2D eigenvalue weighted by Gasteiger charge is -2.28. The molecule has 0 saturated heterocycles. The average Bonchev–Trinajstić information content (AvgIpc) is 2.89. The van der Waals surface area contributed by atoms with E-state index >= 15 is 0 Å². The normalized spacial score (nSPS) is 17.7. The van der Waals surface area contributed by atoms with E-state index in [1.807, 2.05) is 19.1 Å². The number of likely N-dealkylation sites (N-methyl/N-ethyl adjacent to an activating group) is 1. The molecule has 0 amide bonds. The number of hydrogen-bond acceptors (Lipinski definition) is 4. The van der Waals surface area contributed by atoms with E-state index in [0.717, 1.165) is 6.42 Å². The average molecular weight is 363 g/mol. The fraction of sp³-hybridized carbons (Fsp3) is 0.500. The molecule has 0 spiro atoms. The molecule has 0 bridgehead atoms. The molecule has 0 unspecified atom stereocenters. The molecular weight excluding hydrogens is 338 g/mol. The third-order valence-corrected chi connectivity index (χ3v) is 6.86. The van der Waals surface area contributed by atoms with E-state index in [-0.39, 0.29) is 6.10 Å². The molecule has 2 aromatic rings. The Balaban J connectivity index is 1.79. The minimum Gasteiger partial charge on any atom is -0.372 e. The van der Waals surface area contributed by atoms with Gasteiger partial charge in [-0.05, 0) is 31.9 Å². The van der Waals surface area contributed by atoms with Gasteiger partial charge in [-0.25, -0.2) is 8.42 Å². The Hall–Kier alpha value is -1.70. The zero-order chi connectivity index (χ0) is 18.2. The molecule has 1 aliphatic heterocycles. The maximum absolute atomic E-state index is 13.0. The summed E-state index contributed by atoms with van der Waals surface area (Å²) >= 11 is 0. The third kappa shape index (κ3) is 3.36. The molecule has 1 aromatic carbocycles. The van der Waals surface area contributed by atoms with Crippen LogP contribution in [-0.2, 0) is 34.3 Å². The number of aryl methyl sites for hydroxylation is 2. The van der Waals surface area contributed by atoms with Gasteiger partial charge in [0.25, 0.3) is 0 Å². The molecule has 1 aromatic heterocycles. The van der Waals surface area contributed by atoms with Crippen LogP contribution in [0.2, 0.25) is 0 Å².